The number of carbonyl (C=O) groups excluding carboxylic acids is 1. The number of hydrogen-bond donors (Lipinski definition) is 2. The number of nitrogens with one attached hydrogen (secondary N) is 1. The first kappa shape index (κ1) is 17.0. The molecule has 0 atom stereocenters. The van der Waals surface area contributed by atoms with Gasteiger partial charge in [0.1, 0.15) is 6.54 Å². The Morgan fingerprint density at radius 1 is 1.42 bits per heavy atom. The maximum atomic E-state index is 12.1. The number of nitrogens with zero attached hydrogens (tertiary/aromatic N) is 2. The molecule has 128 valence electrons. The predicted octanol–water partition coefficient (Wildman–Crippen LogP) is 2.56. The molecular weight excluding hydrogens is 322 g/mol. The van der Waals surface area contributed by atoms with Crippen LogP contribution in [0.4, 0.5) is 0 Å². The van der Waals surface area contributed by atoms with E-state index in [4.69, 9.17) is 0 Å². The molecule has 0 bridgehead atoms. The minimum absolute atomic E-state index is 0.0150. The lowest BCUT2D eigenvalue weighted by Gasteiger charge is -2.11. The van der Waals surface area contributed by atoms with Crippen LogP contribution >= 0.6 is 11.8 Å². The van der Waals surface area contributed by atoms with Crippen LogP contribution in [-0.4, -0.2) is 26.6 Å². The molecule has 0 spiro atoms. The third-order valence-electron chi connectivity index (χ3n) is 4.17. The number of aryl methyl sites for hydroxylation is 2. The van der Waals surface area contributed by atoms with E-state index in [1.165, 1.54) is 16.7 Å². The van der Waals surface area contributed by atoms with Crippen LogP contribution in [0, 0.1) is 13.8 Å². The van der Waals surface area contributed by atoms with Gasteiger partial charge in [-0.15, -0.1) is 0 Å². The molecular formula is C18H23N3O2S. The Balaban J connectivity index is 1.71. The van der Waals surface area contributed by atoms with Crippen molar-refractivity contribution in [2.75, 3.05) is 0 Å². The second-order valence-electron chi connectivity index (χ2n) is 6.34. The minimum Gasteiger partial charge on any atom is -0.390 e. The molecule has 0 aliphatic heterocycles. The van der Waals surface area contributed by atoms with Crippen LogP contribution in [0.25, 0.3) is 0 Å². The fourth-order valence-electron chi connectivity index (χ4n) is 2.55. The van der Waals surface area contributed by atoms with Crippen LogP contribution in [0.15, 0.2) is 29.6 Å². The molecule has 1 aromatic carbocycles. The molecule has 5 nitrogen and oxygen atoms in total. The molecule has 24 heavy (non-hydrogen) atoms. The summed E-state index contributed by atoms with van der Waals surface area (Å²) in [5.74, 6) is 0.776. The van der Waals surface area contributed by atoms with Crippen molar-refractivity contribution in [3.63, 3.8) is 0 Å². The number of benzene rings is 1. The highest BCUT2D eigenvalue weighted by Gasteiger charge is 2.24. The molecule has 1 aromatic heterocycles. The second-order valence-corrected chi connectivity index (χ2v) is 7.28. The molecule has 3 rings (SSSR count). The van der Waals surface area contributed by atoms with Crippen molar-refractivity contribution in [3.8, 4) is 0 Å². The molecule has 2 aromatic rings. The average Bonchev–Trinajstić information content (AvgIpc) is 3.28. The van der Waals surface area contributed by atoms with Crippen molar-refractivity contribution < 1.29 is 9.90 Å². The van der Waals surface area contributed by atoms with Gasteiger partial charge in [-0.05, 0) is 37.8 Å². The number of carbonyl (C=O) groups is 1. The van der Waals surface area contributed by atoms with Gasteiger partial charge in [0.2, 0.25) is 5.91 Å². The third-order valence-corrected chi connectivity index (χ3v) is 5.21. The van der Waals surface area contributed by atoms with Crippen molar-refractivity contribution in [2.45, 2.75) is 56.8 Å². The van der Waals surface area contributed by atoms with Crippen LogP contribution in [-0.2, 0) is 23.7 Å². The van der Waals surface area contributed by atoms with Crippen LogP contribution in [0.1, 0.15) is 35.2 Å². The molecule has 0 radical (unpaired) electrons. The maximum absolute atomic E-state index is 12.1. The fraction of sp³-hybridized carbons (Fsp3) is 0.444. The lowest BCUT2D eigenvalue weighted by atomic mass is 10.1. The van der Waals surface area contributed by atoms with Crippen molar-refractivity contribution in [1.82, 2.24) is 14.9 Å². The first-order chi connectivity index (χ1) is 11.6. The SMILES string of the molecule is Cc1ccc(C)c(CSc2ncc(CO)n2CC(=O)NC2CC2)c1. The lowest BCUT2D eigenvalue weighted by Crippen LogP contribution is -2.30. The van der Waals surface area contributed by atoms with E-state index in [-0.39, 0.29) is 19.1 Å². The van der Waals surface area contributed by atoms with Gasteiger partial charge in [-0.25, -0.2) is 4.98 Å². The molecule has 1 fully saturated rings. The summed E-state index contributed by atoms with van der Waals surface area (Å²) in [6.45, 7) is 4.28. The summed E-state index contributed by atoms with van der Waals surface area (Å²) < 4.78 is 1.81. The van der Waals surface area contributed by atoms with Crippen molar-refractivity contribution in [1.29, 1.82) is 0 Å². The minimum atomic E-state index is -0.117. The highest BCUT2D eigenvalue weighted by Crippen LogP contribution is 2.25. The van der Waals surface area contributed by atoms with E-state index in [1.54, 1.807) is 18.0 Å². The molecule has 1 aliphatic rings. The van der Waals surface area contributed by atoms with Crippen LogP contribution < -0.4 is 5.32 Å². The zero-order valence-corrected chi connectivity index (χ0v) is 14.9. The molecule has 1 amide bonds. The predicted molar refractivity (Wildman–Crippen MR) is 94.8 cm³/mol. The summed E-state index contributed by atoms with van der Waals surface area (Å²) in [6.07, 6.45) is 3.78. The molecule has 1 heterocycles. The number of aromatic nitrogens is 2. The Bertz CT molecular complexity index is 738. The maximum Gasteiger partial charge on any atom is 0.240 e. The van der Waals surface area contributed by atoms with E-state index < -0.39 is 0 Å². The molecule has 2 N–H and O–H groups in total. The van der Waals surface area contributed by atoms with Gasteiger partial charge < -0.3 is 15.0 Å². The largest absolute Gasteiger partial charge is 0.390 e. The number of aliphatic hydroxyl groups excluding tert-OH is 1. The Kier molecular flexibility index (Phi) is 5.26. The summed E-state index contributed by atoms with van der Waals surface area (Å²) >= 11 is 1.60. The van der Waals surface area contributed by atoms with Gasteiger partial charge in [0.15, 0.2) is 5.16 Å². The molecule has 0 unspecified atom stereocenters. The third kappa shape index (κ3) is 4.19. The number of thioether (sulfide) groups is 1. The van der Waals surface area contributed by atoms with Gasteiger partial charge in [-0.1, -0.05) is 35.5 Å². The standard InChI is InChI=1S/C18H23N3O2S/c1-12-3-4-13(2)14(7-12)11-24-18-19-8-16(10-22)21(18)9-17(23)20-15-5-6-15/h3-4,7-8,15,22H,5-6,9-11H2,1-2H3,(H,20,23). The number of imidazole rings is 1. The normalized spacial score (nSPS) is 14.0. The molecule has 6 heteroatoms. The highest BCUT2D eigenvalue weighted by atomic mass is 32.2. The lowest BCUT2D eigenvalue weighted by molar-refractivity contribution is -0.122. The van der Waals surface area contributed by atoms with E-state index >= 15 is 0 Å². The number of hydrogen-bond acceptors (Lipinski definition) is 4. The summed E-state index contributed by atoms with van der Waals surface area (Å²) in [5, 5.41) is 13.3. The van der Waals surface area contributed by atoms with E-state index in [9.17, 15) is 9.90 Å². The van der Waals surface area contributed by atoms with Gasteiger partial charge >= 0.3 is 0 Å². The van der Waals surface area contributed by atoms with E-state index in [1.807, 2.05) is 4.57 Å². The topological polar surface area (TPSA) is 67.2 Å². The molecule has 1 aliphatic carbocycles. The summed E-state index contributed by atoms with van der Waals surface area (Å²) in [5.41, 5.74) is 4.42. The van der Waals surface area contributed by atoms with Crippen molar-refractivity contribution in [3.05, 3.63) is 46.8 Å². The number of amides is 1. The summed E-state index contributed by atoms with van der Waals surface area (Å²) in [4.78, 5) is 16.5. The zero-order valence-electron chi connectivity index (χ0n) is 14.1. The van der Waals surface area contributed by atoms with Gasteiger partial charge in [-0.3, -0.25) is 4.79 Å². The smallest absolute Gasteiger partial charge is 0.240 e. The first-order valence-corrected chi connectivity index (χ1v) is 9.19. The van der Waals surface area contributed by atoms with E-state index in [0.717, 1.165) is 23.8 Å². The fourth-order valence-corrected chi connectivity index (χ4v) is 3.61. The van der Waals surface area contributed by atoms with Gasteiger partial charge in [0.05, 0.1) is 18.5 Å². The van der Waals surface area contributed by atoms with Crippen LogP contribution in [0.5, 0.6) is 0 Å². The Morgan fingerprint density at radius 2 is 2.21 bits per heavy atom. The zero-order chi connectivity index (χ0) is 17.1. The highest BCUT2D eigenvalue weighted by molar-refractivity contribution is 7.98. The van der Waals surface area contributed by atoms with Gasteiger partial charge in [-0.2, -0.15) is 0 Å². The van der Waals surface area contributed by atoms with Crippen LogP contribution in [0.3, 0.4) is 0 Å². The summed E-state index contributed by atoms with van der Waals surface area (Å²) in [7, 11) is 0. The number of rotatable bonds is 7. The molecule has 0 saturated heterocycles. The van der Waals surface area contributed by atoms with Crippen molar-refractivity contribution >= 4 is 17.7 Å². The van der Waals surface area contributed by atoms with E-state index in [0.29, 0.717) is 11.7 Å². The monoisotopic (exact) mass is 345 g/mol. The summed E-state index contributed by atoms with van der Waals surface area (Å²) in [6, 6.07) is 6.75. The van der Waals surface area contributed by atoms with Crippen LogP contribution in [0.2, 0.25) is 0 Å². The Labute approximate surface area is 146 Å². The average molecular weight is 345 g/mol. The molecule has 1 saturated carbocycles. The van der Waals surface area contributed by atoms with Gasteiger partial charge in [0, 0.05) is 11.8 Å². The van der Waals surface area contributed by atoms with Gasteiger partial charge in [0.25, 0.3) is 0 Å². The second kappa shape index (κ2) is 7.40. The Hall–Kier alpha value is -1.79. The van der Waals surface area contributed by atoms with Crippen molar-refractivity contribution in [2.24, 2.45) is 0 Å². The van der Waals surface area contributed by atoms with E-state index in [2.05, 4.69) is 42.3 Å². The number of aliphatic hydroxyl groups is 1. The Morgan fingerprint density at radius 3 is 2.92 bits per heavy atom. The first-order valence-electron chi connectivity index (χ1n) is 8.20. The quantitative estimate of drug-likeness (QED) is 0.757.